The number of carbonyl (C=O) groups excluding carboxylic acids is 1. The largest absolute Gasteiger partial charge is 0.458 e. The lowest BCUT2D eigenvalue weighted by molar-refractivity contribution is -0.140. The average Bonchev–Trinajstić information content (AvgIpc) is 3.03. The van der Waals surface area contributed by atoms with Crippen molar-refractivity contribution in [2.24, 2.45) is 17.8 Å². The highest BCUT2D eigenvalue weighted by Crippen LogP contribution is 2.52. The lowest BCUT2D eigenvalue weighted by atomic mass is 9.81. The minimum atomic E-state index is -0.144. The normalized spacial score (nSPS) is 35.0. The van der Waals surface area contributed by atoms with Crippen molar-refractivity contribution in [3.8, 4) is 0 Å². The van der Waals surface area contributed by atoms with Crippen LogP contribution in [0.15, 0.2) is 60.2 Å². The molecule has 4 atom stereocenters. The number of hydrogen-bond acceptors (Lipinski definition) is 2. The van der Waals surface area contributed by atoms with E-state index in [0.717, 1.165) is 36.8 Å². The molecular formula is C21H22O2. The summed E-state index contributed by atoms with van der Waals surface area (Å²) in [5.41, 5.74) is 4.44. The molecule has 4 rings (SSSR count). The second kappa shape index (κ2) is 5.52. The maximum atomic E-state index is 12.5. The van der Waals surface area contributed by atoms with Gasteiger partial charge in [-0.25, -0.2) is 4.79 Å². The van der Waals surface area contributed by atoms with E-state index in [9.17, 15) is 4.79 Å². The van der Waals surface area contributed by atoms with E-state index in [4.69, 9.17) is 4.74 Å². The summed E-state index contributed by atoms with van der Waals surface area (Å²) in [6.45, 7) is 8.56. The number of ether oxygens (including phenoxy) is 1. The number of esters is 1. The Labute approximate surface area is 137 Å². The molecule has 1 aromatic carbocycles. The van der Waals surface area contributed by atoms with E-state index in [2.05, 4.69) is 13.2 Å². The Kier molecular flexibility index (Phi) is 3.48. The Balaban J connectivity index is 1.72. The molecule has 2 heteroatoms. The zero-order valence-electron chi connectivity index (χ0n) is 13.3. The van der Waals surface area contributed by atoms with Crippen molar-refractivity contribution in [2.45, 2.75) is 31.8 Å². The second-order valence-corrected chi connectivity index (χ2v) is 7.01. The minimum absolute atomic E-state index is 0.0447. The van der Waals surface area contributed by atoms with Crippen molar-refractivity contribution < 1.29 is 9.53 Å². The van der Waals surface area contributed by atoms with Gasteiger partial charge in [-0.1, -0.05) is 54.6 Å². The molecule has 1 heterocycles. The molecule has 2 aliphatic carbocycles. The fourth-order valence-corrected chi connectivity index (χ4v) is 4.56. The molecule has 0 aromatic heterocycles. The van der Waals surface area contributed by atoms with Gasteiger partial charge < -0.3 is 4.74 Å². The summed E-state index contributed by atoms with van der Waals surface area (Å²) in [7, 11) is 0. The average molecular weight is 306 g/mol. The van der Waals surface area contributed by atoms with Gasteiger partial charge in [-0.05, 0) is 43.2 Å². The van der Waals surface area contributed by atoms with Crippen LogP contribution in [0.25, 0.3) is 6.08 Å². The van der Waals surface area contributed by atoms with Gasteiger partial charge in [0.1, 0.15) is 6.10 Å². The van der Waals surface area contributed by atoms with Crippen LogP contribution in [0.3, 0.4) is 0 Å². The summed E-state index contributed by atoms with van der Waals surface area (Å²) in [6.07, 6.45) is 6.05. The Morgan fingerprint density at radius 1 is 1.00 bits per heavy atom. The van der Waals surface area contributed by atoms with Gasteiger partial charge in [0.15, 0.2) is 0 Å². The fourth-order valence-electron chi connectivity index (χ4n) is 4.56. The highest BCUT2D eigenvalue weighted by molar-refractivity contribution is 5.96. The smallest absolute Gasteiger partial charge is 0.334 e. The van der Waals surface area contributed by atoms with E-state index in [1.165, 1.54) is 11.1 Å². The van der Waals surface area contributed by atoms with Crippen molar-refractivity contribution >= 4 is 12.0 Å². The van der Waals surface area contributed by atoms with Gasteiger partial charge in [0, 0.05) is 17.4 Å². The minimum Gasteiger partial charge on any atom is -0.458 e. The number of allylic oxidation sites excluding steroid dienone is 1. The van der Waals surface area contributed by atoms with E-state index in [-0.39, 0.29) is 23.9 Å². The molecule has 0 radical (unpaired) electrons. The number of hydrogen-bond donors (Lipinski definition) is 0. The number of fused-ring (bicyclic) bond motifs is 3. The van der Waals surface area contributed by atoms with Gasteiger partial charge >= 0.3 is 5.97 Å². The SMILES string of the molecule is C=C1CC[C@H]2C(=C)CC[C@H]3/C(=C/c4ccccc4)C(=O)O[C@@H]3[C@@H]12. The number of rotatable bonds is 1. The van der Waals surface area contributed by atoms with Crippen LogP contribution in [0.1, 0.15) is 31.2 Å². The molecule has 0 amide bonds. The number of carbonyl (C=O) groups is 1. The van der Waals surface area contributed by atoms with Crippen molar-refractivity contribution in [3.05, 3.63) is 65.8 Å². The summed E-state index contributed by atoms with van der Waals surface area (Å²) in [6, 6.07) is 10.0. The molecule has 3 fully saturated rings. The van der Waals surface area contributed by atoms with Crippen molar-refractivity contribution in [1.82, 2.24) is 0 Å². The van der Waals surface area contributed by atoms with Gasteiger partial charge in [-0.3, -0.25) is 0 Å². The molecule has 1 aromatic rings. The van der Waals surface area contributed by atoms with Crippen molar-refractivity contribution in [2.75, 3.05) is 0 Å². The van der Waals surface area contributed by atoms with E-state index < -0.39 is 0 Å². The van der Waals surface area contributed by atoms with Gasteiger partial charge in [-0.15, -0.1) is 0 Å². The van der Waals surface area contributed by atoms with Gasteiger partial charge in [0.05, 0.1) is 0 Å². The first-order valence-corrected chi connectivity index (χ1v) is 8.48. The van der Waals surface area contributed by atoms with Gasteiger partial charge in [-0.2, -0.15) is 0 Å². The van der Waals surface area contributed by atoms with Crippen LogP contribution in [0.2, 0.25) is 0 Å². The number of benzene rings is 1. The monoisotopic (exact) mass is 306 g/mol. The van der Waals surface area contributed by atoms with Gasteiger partial charge in [0.25, 0.3) is 0 Å². The molecule has 1 aliphatic heterocycles. The van der Waals surface area contributed by atoms with Crippen molar-refractivity contribution in [1.29, 1.82) is 0 Å². The quantitative estimate of drug-likeness (QED) is 0.432. The third kappa shape index (κ3) is 2.37. The van der Waals surface area contributed by atoms with Crippen LogP contribution in [0.5, 0.6) is 0 Å². The molecule has 2 saturated carbocycles. The Morgan fingerprint density at radius 3 is 2.48 bits per heavy atom. The molecule has 23 heavy (non-hydrogen) atoms. The molecule has 0 spiro atoms. The zero-order valence-corrected chi connectivity index (χ0v) is 13.3. The third-order valence-electron chi connectivity index (χ3n) is 5.73. The molecule has 2 nitrogen and oxygen atoms in total. The van der Waals surface area contributed by atoms with Crippen LogP contribution >= 0.6 is 0 Å². The molecule has 1 saturated heterocycles. The molecular weight excluding hydrogens is 284 g/mol. The summed E-state index contributed by atoms with van der Waals surface area (Å²) < 4.78 is 5.85. The predicted molar refractivity (Wildman–Crippen MR) is 91.5 cm³/mol. The highest BCUT2D eigenvalue weighted by Gasteiger charge is 2.50. The Bertz CT molecular complexity index is 698. The molecule has 0 N–H and O–H groups in total. The zero-order chi connectivity index (χ0) is 16.0. The van der Waals surface area contributed by atoms with Crippen LogP contribution in [-0.4, -0.2) is 12.1 Å². The first kappa shape index (κ1) is 14.5. The highest BCUT2D eigenvalue weighted by atomic mass is 16.6. The first-order valence-electron chi connectivity index (χ1n) is 8.48. The molecule has 0 unspecified atom stereocenters. The molecule has 0 bridgehead atoms. The van der Waals surface area contributed by atoms with Crippen LogP contribution in [-0.2, 0) is 9.53 Å². The summed E-state index contributed by atoms with van der Waals surface area (Å²) >= 11 is 0. The standard InChI is InChI=1S/C21H22O2/c1-13-8-11-17-18(12-15-6-4-3-5-7-15)21(22)23-20(17)19-14(2)9-10-16(13)19/h3-7,12,16-17,19-20H,1-2,8-11H2/b18-12-/t16-,17-,19-,20-/m0/s1. The lowest BCUT2D eigenvalue weighted by Gasteiger charge is -2.26. The maximum absolute atomic E-state index is 12.5. The summed E-state index contributed by atoms with van der Waals surface area (Å²) in [5.74, 6) is 0.737. The molecule has 3 aliphatic rings. The van der Waals surface area contributed by atoms with Crippen LogP contribution in [0.4, 0.5) is 0 Å². The van der Waals surface area contributed by atoms with E-state index >= 15 is 0 Å². The fraction of sp³-hybridized carbons (Fsp3) is 0.381. The predicted octanol–water partition coefficient (Wildman–Crippen LogP) is 4.54. The topological polar surface area (TPSA) is 26.3 Å². The third-order valence-corrected chi connectivity index (χ3v) is 5.73. The van der Waals surface area contributed by atoms with E-state index in [1.807, 2.05) is 36.4 Å². The molecule has 118 valence electrons. The van der Waals surface area contributed by atoms with E-state index in [0.29, 0.717) is 5.92 Å². The summed E-state index contributed by atoms with van der Waals surface area (Å²) in [5, 5.41) is 0. The Hall–Kier alpha value is -2.09. The second-order valence-electron chi connectivity index (χ2n) is 7.01. The maximum Gasteiger partial charge on any atom is 0.334 e. The first-order chi connectivity index (χ1) is 11.1. The van der Waals surface area contributed by atoms with Crippen LogP contribution < -0.4 is 0 Å². The summed E-state index contributed by atoms with van der Waals surface area (Å²) in [4.78, 5) is 12.5. The van der Waals surface area contributed by atoms with Gasteiger partial charge in [0.2, 0.25) is 0 Å². The van der Waals surface area contributed by atoms with Crippen molar-refractivity contribution in [3.63, 3.8) is 0 Å². The Morgan fingerprint density at radius 2 is 1.70 bits per heavy atom. The van der Waals surface area contributed by atoms with Crippen LogP contribution in [0, 0.1) is 17.8 Å². The lowest BCUT2D eigenvalue weighted by Crippen LogP contribution is -2.28. The van der Waals surface area contributed by atoms with E-state index in [1.54, 1.807) is 0 Å².